The van der Waals surface area contributed by atoms with Crippen LogP contribution in [0.5, 0.6) is 0 Å². The zero-order valence-electron chi connectivity index (χ0n) is 23.8. The summed E-state index contributed by atoms with van der Waals surface area (Å²) in [6.07, 6.45) is 0. The molecule has 9 aromatic rings. The Labute approximate surface area is 259 Å². The van der Waals surface area contributed by atoms with Crippen molar-refractivity contribution in [1.82, 2.24) is 4.57 Å². The van der Waals surface area contributed by atoms with E-state index in [0.717, 1.165) is 0 Å². The van der Waals surface area contributed by atoms with E-state index in [0.29, 0.717) is 0 Å². The van der Waals surface area contributed by atoms with Crippen LogP contribution in [-0.2, 0) is 0 Å². The zero-order valence-corrected chi connectivity index (χ0v) is 24.6. The molecule has 0 aliphatic carbocycles. The van der Waals surface area contributed by atoms with Crippen molar-refractivity contribution in [3.63, 3.8) is 0 Å². The molecule has 0 amide bonds. The van der Waals surface area contributed by atoms with Gasteiger partial charge in [-0.15, -0.1) is 0 Å². The predicted octanol–water partition coefficient (Wildman–Crippen LogP) is 12.0. The minimum Gasteiger partial charge on any atom is -0.308 e. The van der Waals surface area contributed by atoms with Gasteiger partial charge in [0.05, 0.1) is 11.0 Å². The van der Waals surface area contributed by atoms with Gasteiger partial charge in [0, 0.05) is 42.4 Å². The molecule has 1 aliphatic heterocycles. The van der Waals surface area contributed by atoms with Crippen molar-refractivity contribution in [2.24, 2.45) is 0 Å². The summed E-state index contributed by atoms with van der Waals surface area (Å²) < 4.78 is 2.49. The second-order valence-corrected chi connectivity index (χ2v) is 12.8. The summed E-state index contributed by atoms with van der Waals surface area (Å²) in [5.41, 5.74) is 8.86. The van der Waals surface area contributed by atoms with Gasteiger partial charge in [-0.25, -0.2) is 0 Å². The quantitative estimate of drug-likeness (QED) is 0.198. The second-order valence-electron chi connectivity index (χ2n) is 11.7. The smallest absolute Gasteiger partial charge is 0.0619 e. The molecule has 1 aromatic heterocycles. The largest absolute Gasteiger partial charge is 0.308 e. The third-order valence-electron chi connectivity index (χ3n) is 9.37. The molecular formula is C42H25NS. The number of hydrogen-bond acceptors (Lipinski definition) is 1. The average Bonchev–Trinajstić information content (AvgIpc) is 3.44. The first-order valence-electron chi connectivity index (χ1n) is 15.1. The van der Waals surface area contributed by atoms with E-state index in [1.807, 2.05) is 11.8 Å². The lowest BCUT2D eigenvalue weighted by molar-refractivity contribution is 1.19. The van der Waals surface area contributed by atoms with Crippen molar-refractivity contribution < 1.29 is 0 Å². The highest BCUT2D eigenvalue weighted by Gasteiger charge is 2.21. The van der Waals surface area contributed by atoms with E-state index in [1.54, 1.807) is 0 Å². The number of benzene rings is 8. The van der Waals surface area contributed by atoms with Gasteiger partial charge in [0.1, 0.15) is 0 Å². The van der Waals surface area contributed by atoms with E-state index in [-0.39, 0.29) is 0 Å². The second kappa shape index (κ2) is 9.09. The van der Waals surface area contributed by atoms with Crippen LogP contribution in [0.25, 0.3) is 82.1 Å². The SMILES string of the molecule is c1ccc2c(c1)Sc1ccc(-c3ccc(-n4c5c6ccccc6ccc5c5ccc6ccccc6c54)cc3)c3cccc-2c13. The van der Waals surface area contributed by atoms with Gasteiger partial charge in [0.15, 0.2) is 0 Å². The van der Waals surface area contributed by atoms with Crippen molar-refractivity contribution in [3.05, 3.63) is 152 Å². The number of nitrogens with zero attached hydrogens (tertiary/aromatic N) is 1. The summed E-state index contributed by atoms with van der Waals surface area (Å²) >= 11 is 1.88. The Balaban J connectivity index is 1.22. The van der Waals surface area contributed by atoms with E-state index >= 15 is 0 Å². The zero-order chi connectivity index (χ0) is 28.8. The first-order chi connectivity index (χ1) is 21.8. The molecule has 0 spiro atoms. The number of fused-ring (bicyclic) bond motifs is 9. The molecule has 1 aliphatic rings. The van der Waals surface area contributed by atoms with Crippen molar-refractivity contribution in [1.29, 1.82) is 0 Å². The highest BCUT2D eigenvalue weighted by atomic mass is 32.2. The predicted molar refractivity (Wildman–Crippen MR) is 188 cm³/mol. The normalized spacial score (nSPS) is 12.5. The molecule has 0 N–H and O–H groups in total. The number of hydrogen-bond donors (Lipinski definition) is 0. The van der Waals surface area contributed by atoms with Gasteiger partial charge in [-0.05, 0) is 62.7 Å². The van der Waals surface area contributed by atoms with Crippen LogP contribution in [0.2, 0.25) is 0 Å². The van der Waals surface area contributed by atoms with Gasteiger partial charge in [-0.2, -0.15) is 0 Å². The molecule has 0 unspecified atom stereocenters. The topological polar surface area (TPSA) is 4.93 Å². The summed E-state index contributed by atoms with van der Waals surface area (Å²) in [5, 5.41) is 10.3. The van der Waals surface area contributed by atoms with Gasteiger partial charge in [-0.3, -0.25) is 0 Å². The van der Waals surface area contributed by atoms with Gasteiger partial charge in [-0.1, -0.05) is 139 Å². The van der Waals surface area contributed by atoms with E-state index in [4.69, 9.17) is 0 Å². The average molecular weight is 576 g/mol. The fourth-order valence-corrected chi connectivity index (χ4v) is 8.55. The Morgan fingerprint density at radius 3 is 1.70 bits per heavy atom. The highest BCUT2D eigenvalue weighted by molar-refractivity contribution is 7.99. The van der Waals surface area contributed by atoms with E-state index in [2.05, 4.69) is 156 Å². The fourth-order valence-electron chi connectivity index (χ4n) is 7.42. The van der Waals surface area contributed by atoms with Crippen LogP contribution in [0.4, 0.5) is 0 Å². The van der Waals surface area contributed by atoms with E-state index < -0.39 is 0 Å². The molecule has 44 heavy (non-hydrogen) atoms. The summed E-state index contributed by atoms with van der Waals surface area (Å²) in [4.78, 5) is 2.66. The maximum atomic E-state index is 2.49. The third-order valence-corrected chi connectivity index (χ3v) is 10.5. The first kappa shape index (κ1) is 24.2. The Hall–Kier alpha value is -5.31. The summed E-state index contributed by atoms with van der Waals surface area (Å²) in [6.45, 7) is 0. The maximum Gasteiger partial charge on any atom is 0.0619 e. The van der Waals surface area contributed by atoms with Crippen LogP contribution in [0.15, 0.2) is 161 Å². The maximum absolute atomic E-state index is 2.49. The number of rotatable bonds is 2. The van der Waals surface area contributed by atoms with Crippen LogP contribution < -0.4 is 0 Å². The highest BCUT2D eigenvalue weighted by Crippen LogP contribution is 2.49. The van der Waals surface area contributed by atoms with Crippen LogP contribution in [0, 0.1) is 0 Å². The standard InChI is InChI=1S/C42H25NS/c1-3-10-31-26(8-1)18-22-36-37-23-19-27-9-2-4-11-32(27)42(37)43(41(31)36)29-20-16-28(17-21-29)30-24-25-39-40-34(30)13-7-14-35(40)33-12-5-6-15-38(33)44-39/h1-25H. The lowest BCUT2D eigenvalue weighted by atomic mass is 9.92. The van der Waals surface area contributed by atoms with Crippen molar-refractivity contribution in [2.45, 2.75) is 9.79 Å². The van der Waals surface area contributed by atoms with Crippen LogP contribution in [0.1, 0.15) is 0 Å². The Morgan fingerprint density at radius 1 is 0.364 bits per heavy atom. The van der Waals surface area contributed by atoms with Gasteiger partial charge in [0.2, 0.25) is 0 Å². The molecule has 0 atom stereocenters. The van der Waals surface area contributed by atoms with Gasteiger partial charge < -0.3 is 4.57 Å². The molecule has 204 valence electrons. The number of aromatic nitrogens is 1. The molecule has 0 saturated heterocycles. The Kier molecular flexibility index (Phi) is 5.00. The molecule has 2 heteroatoms. The first-order valence-corrected chi connectivity index (χ1v) is 15.9. The molecule has 0 fully saturated rings. The van der Waals surface area contributed by atoms with Gasteiger partial charge in [0.25, 0.3) is 0 Å². The third kappa shape index (κ3) is 3.32. The summed E-state index contributed by atoms with van der Waals surface area (Å²) in [5.74, 6) is 0. The van der Waals surface area contributed by atoms with Crippen molar-refractivity contribution >= 4 is 65.9 Å². The molecule has 8 aromatic carbocycles. The lowest BCUT2D eigenvalue weighted by Gasteiger charge is -2.21. The molecule has 0 saturated carbocycles. The van der Waals surface area contributed by atoms with Crippen molar-refractivity contribution in [3.8, 4) is 27.9 Å². The summed E-state index contributed by atoms with van der Waals surface area (Å²) in [6, 6.07) is 56.0. The minimum atomic E-state index is 1.17. The van der Waals surface area contributed by atoms with Crippen molar-refractivity contribution in [2.75, 3.05) is 0 Å². The molecule has 1 nitrogen and oxygen atoms in total. The Morgan fingerprint density at radius 2 is 0.977 bits per heavy atom. The van der Waals surface area contributed by atoms with Crippen LogP contribution in [-0.4, -0.2) is 4.57 Å². The lowest BCUT2D eigenvalue weighted by Crippen LogP contribution is -1.96. The molecule has 10 rings (SSSR count). The monoisotopic (exact) mass is 575 g/mol. The van der Waals surface area contributed by atoms with E-state index in [9.17, 15) is 0 Å². The molecule has 2 heterocycles. The summed E-state index contributed by atoms with van der Waals surface area (Å²) in [7, 11) is 0. The molecule has 0 radical (unpaired) electrons. The van der Waals surface area contributed by atoms with Gasteiger partial charge >= 0.3 is 0 Å². The minimum absolute atomic E-state index is 1.17. The Bertz CT molecular complexity index is 2530. The van der Waals surface area contributed by atoms with Crippen LogP contribution >= 0.6 is 11.8 Å². The fraction of sp³-hybridized carbons (Fsp3) is 0. The van der Waals surface area contributed by atoms with Crippen LogP contribution in [0.3, 0.4) is 0 Å². The molecule has 0 bridgehead atoms. The molecular weight excluding hydrogens is 551 g/mol. The van der Waals surface area contributed by atoms with E-state index in [1.165, 1.54) is 91.9 Å².